The maximum Gasteiger partial charge on any atom is 0.282 e. The summed E-state index contributed by atoms with van der Waals surface area (Å²) in [5.74, 6) is -1.01. The SMILES string of the molecule is CC(C)NC(=O)c1ccccc1NC(=S)NC(=O)c1ccccc1[N+](=O)[O-]. The number of benzene rings is 2. The molecule has 3 N–H and O–H groups in total. The third-order valence-electron chi connectivity index (χ3n) is 3.41. The van der Waals surface area contributed by atoms with Crippen LogP contribution in [0.4, 0.5) is 11.4 Å². The number of nitrogens with zero attached hydrogens (tertiary/aromatic N) is 1. The number of thiocarbonyl (C=S) groups is 1. The van der Waals surface area contributed by atoms with Crippen molar-refractivity contribution in [1.29, 1.82) is 0 Å². The lowest BCUT2D eigenvalue weighted by atomic mass is 10.1. The molecule has 0 atom stereocenters. The Morgan fingerprint density at radius 2 is 1.59 bits per heavy atom. The molecule has 0 saturated heterocycles. The molecular formula is C18H18N4O4S. The number of nitrogens with one attached hydrogen (secondary N) is 3. The van der Waals surface area contributed by atoms with Gasteiger partial charge in [0.05, 0.1) is 16.2 Å². The molecule has 0 fully saturated rings. The van der Waals surface area contributed by atoms with E-state index in [1.54, 1.807) is 24.3 Å². The summed E-state index contributed by atoms with van der Waals surface area (Å²) < 4.78 is 0. The first-order valence-electron chi connectivity index (χ1n) is 8.05. The highest BCUT2D eigenvalue weighted by molar-refractivity contribution is 7.80. The molecule has 0 saturated carbocycles. The molecule has 0 aromatic heterocycles. The zero-order chi connectivity index (χ0) is 20.0. The fourth-order valence-electron chi connectivity index (χ4n) is 2.28. The standard InChI is InChI=1S/C18H18N4O4S/c1-11(2)19-16(23)12-7-3-5-9-14(12)20-18(27)21-17(24)13-8-4-6-10-15(13)22(25)26/h3-11H,1-2H3,(H,19,23)(H2,20,21,24,27). The van der Waals surface area contributed by atoms with Crippen molar-refractivity contribution in [3.05, 3.63) is 69.8 Å². The number of rotatable bonds is 5. The maximum atomic E-state index is 12.3. The third-order valence-corrected chi connectivity index (χ3v) is 3.62. The van der Waals surface area contributed by atoms with Crippen LogP contribution in [0.3, 0.4) is 0 Å². The van der Waals surface area contributed by atoms with Gasteiger partial charge in [0.1, 0.15) is 5.56 Å². The summed E-state index contributed by atoms with van der Waals surface area (Å²) in [5.41, 5.74) is 0.323. The number of hydrogen-bond acceptors (Lipinski definition) is 5. The number of nitro groups is 1. The summed E-state index contributed by atoms with van der Waals surface area (Å²) >= 11 is 5.11. The molecule has 140 valence electrons. The first-order valence-corrected chi connectivity index (χ1v) is 8.46. The summed E-state index contributed by atoms with van der Waals surface area (Å²) in [6, 6.07) is 12.2. The molecule has 0 bridgehead atoms. The molecule has 27 heavy (non-hydrogen) atoms. The Hall–Kier alpha value is -3.33. The summed E-state index contributed by atoms with van der Waals surface area (Å²) in [4.78, 5) is 35.0. The number of carbonyl (C=O) groups is 2. The van der Waals surface area contributed by atoms with E-state index in [0.717, 1.165) is 0 Å². The maximum absolute atomic E-state index is 12.3. The van der Waals surface area contributed by atoms with E-state index >= 15 is 0 Å². The average molecular weight is 386 g/mol. The van der Waals surface area contributed by atoms with Gasteiger partial charge in [-0.25, -0.2) is 0 Å². The number of hydrogen-bond donors (Lipinski definition) is 3. The van der Waals surface area contributed by atoms with Crippen molar-refractivity contribution in [2.75, 3.05) is 5.32 Å². The predicted molar refractivity (Wildman–Crippen MR) is 106 cm³/mol. The Labute approximate surface area is 161 Å². The molecule has 0 unspecified atom stereocenters. The van der Waals surface area contributed by atoms with Gasteiger partial charge in [0.2, 0.25) is 0 Å². The largest absolute Gasteiger partial charge is 0.350 e. The molecule has 0 heterocycles. The summed E-state index contributed by atoms with van der Waals surface area (Å²) in [5, 5.41) is 18.9. The molecule has 8 nitrogen and oxygen atoms in total. The number of amides is 2. The third kappa shape index (κ3) is 5.32. The molecule has 2 aromatic rings. The molecule has 0 radical (unpaired) electrons. The summed E-state index contributed by atoms with van der Waals surface area (Å²) in [6.45, 7) is 3.68. The van der Waals surface area contributed by atoms with Crippen LogP contribution in [-0.2, 0) is 0 Å². The van der Waals surface area contributed by atoms with Gasteiger partial charge in [-0.2, -0.15) is 0 Å². The van der Waals surface area contributed by atoms with Crippen molar-refractivity contribution < 1.29 is 14.5 Å². The van der Waals surface area contributed by atoms with Crippen LogP contribution in [0.15, 0.2) is 48.5 Å². The highest BCUT2D eigenvalue weighted by Gasteiger charge is 2.20. The van der Waals surface area contributed by atoms with Crippen LogP contribution in [-0.4, -0.2) is 27.9 Å². The molecule has 0 spiro atoms. The molecule has 2 amide bonds. The second-order valence-corrected chi connectivity index (χ2v) is 6.26. The fraction of sp³-hybridized carbons (Fsp3) is 0.167. The van der Waals surface area contributed by atoms with Crippen molar-refractivity contribution in [1.82, 2.24) is 10.6 Å². The molecular weight excluding hydrogens is 368 g/mol. The molecule has 2 rings (SSSR count). The lowest BCUT2D eigenvalue weighted by molar-refractivity contribution is -0.385. The Kier molecular flexibility index (Phi) is 6.56. The van der Waals surface area contributed by atoms with E-state index < -0.39 is 10.8 Å². The highest BCUT2D eigenvalue weighted by atomic mass is 32.1. The van der Waals surface area contributed by atoms with Crippen LogP contribution < -0.4 is 16.0 Å². The van der Waals surface area contributed by atoms with E-state index in [-0.39, 0.29) is 28.3 Å². The number of anilines is 1. The quantitative estimate of drug-likeness (QED) is 0.414. The van der Waals surface area contributed by atoms with Gasteiger partial charge in [0.25, 0.3) is 17.5 Å². The Morgan fingerprint density at radius 3 is 2.22 bits per heavy atom. The van der Waals surface area contributed by atoms with Gasteiger partial charge in [-0.05, 0) is 44.3 Å². The number of carbonyl (C=O) groups excluding carboxylic acids is 2. The number of nitro benzene ring substituents is 1. The topological polar surface area (TPSA) is 113 Å². The predicted octanol–water partition coefficient (Wildman–Crippen LogP) is 2.86. The second kappa shape index (κ2) is 8.86. The Bertz CT molecular complexity index is 898. The van der Waals surface area contributed by atoms with E-state index in [4.69, 9.17) is 12.2 Å². The fourth-order valence-corrected chi connectivity index (χ4v) is 2.48. The molecule has 9 heteroatoms. The molecule has 0 aliphatic heterocycles. The van der Waals surface area contributed by atoms with Crippen molar-refractivity contribution in [2.45, 2.75) is 19.9 Å². The van der Waals surface area contributed by atoms with Crippen molar-refractivity contribution in [2.24, 2.45) is 0 Å². The van der Waals surface area contributed by atoms with Crippen LogP contribution in [0.25, 0.3) is 0 Å². The van der Waals surface area contributed by atoms with Crippen molar-refractivity contribution in [3.8, 4) is 0 Å². The monoisotopic (exact) mass is 386 g/mol. The Morgan fingerprint density at radius 1 is 1.00 bits per heavy atom. The normalized spacial score (nSPS) is 10.2. The summed E-state index contributed by atoms with van der Waals surface area (Å²) in [7, 11) is 0. The lowest BCUT2D eigenvalue weighted by Gasteiger charge is -2.14. The average Bonchev–Trinajstić information content (AvgIpc) is 2.61. The molecule has 0 aliphatic carbocycles. The van der Waals surface area contributed by atoms with Crippen LogP contribution in [0.5, 0.6) is 0 Å². The van der Waals surface area contributed by atoms with E-state index in [0.29, 0.717) is 11.3 Å². The van der Waals surface area contributed by atoms with Gasteiger partial charge in [-0.15, -0.1) is 0 Å². The highest BCUT2D eigenvalue weighted by Crippen LogP contribution is 2.18. The smallest absolute Gasteiger partial charge is 0.282 e. The van der Waals surface area contributed by atoms with E-state index in [2.05, 4.69) is 16.0 Å². The molecule has 0 aliphatic rings. The van der Waals surface area contributed by atoms with Gasteiger partial charge in [0, 0.05) is 12.1 Å². The first kappa shape index (κ1) is 20.0. The van der Waals surface area contributed by atoms with Gasteiger partial charge >= 0.3 is 0 Å². The van der Waals surface area contributed by atoms with E-state index in [9.17, 15) is 19.7 Å². The van der Waals surface area contributed by atoms with Crippen LogP contribution in [0.1, 0.15) is 34.6 Å². The Balaban J connectivity index is 2.14. The zero-order valence-electron chi connectivity index (χ0n) is 14.7. The summed E-state index contributed by atoms with van der Waals surface area (Å²) in [6.07, 6.45) is 0. The van der Waals surface area contributed by atoms with E-state index in [1.165, 1.54) is 24.3 Å². The van der Waals surface area contributed by atoms with Gasteiger partial charge in [-0.1, -0.05) is 24.3 Å². The van der Waals surface area contributed by atoms with Crippen molar-refractivity contribution >= 4 is 40.5 Å². The van der Waals surface area contributed by atoms with Gasteiger partial charge in [-0.3, -0.25) is 25.0 Å². The van der Waals surface area contributed by atoms with Gasteiger partial charge in [0.15, 0.2) is 5.11 Å². The van der Waals surface area contributed by atoms with E-state index in [1.807, 2.05) is 13.8 Å². The first-order chi connectivity index (χ1) is 12.8. The number of para-hydroxylation sites is 2. The minimum Gasteiger partial charge on any atom is -0.350 e. The minimum absolute atomic E-state index is 0.0455. The van der Waals surface area contributed by atoms with Crippen molar-refractivity contribution in [3.63, 3.8) is 0 Å². The van der Waals surface area contributed by atoms with Crippen LogP contribution in [0, 0.1) is 10.1 Å². The lowest BCUT2D eigenvalue weighted by Crippen LogP contribution is -2.36. The zero-order valence-corrected chi connectivity index (χ0v) is 15.5. The van der Waals surface area contributed by atoms with Gasteiger partial charge < -0.3 is 10.6 Å². The van der Waals surface area contributed by atoms with Crippen LogP contribution >= 0.6 is 12.2 Å². The second-order valence-electron chi connectivity index (χ2n) is 5.86. The van der Waals surface area contributed by atoms with Crippen LogP contribution in [0.2, 0.25) is 0 Å². The minimum atomic E-state index is -0.719. The molecule has 2 aromatic carbocycles.